The Kier molecular flexibility index (Phi) is 3.50. The molecular weight excluding hydrogens is 210 g/mol. The first-order chi connectivity index (χ1) is 7.41. The molecule has 5 nitrogen and oxygen atoms in total. The molecule has 1 rings (SSSR count). The summed E-state index contributed by atoms with van der Waals surface area (Å²) >= 11 is 0. The summed E-state index contributed by atoms with van der Waals surface area (Å²) in [6, 6.07) is 3.34. The number of carbonyl (C=O) groups is 2. The molecule has 16 heavy (non-hydrogen) atoms. The van der Waals surface area contributed by atoms with Crippen molar-refractivity contribution in [2.75, 3.05) is 0 Å². The van der Waals surface area contributed by atoms with Crippen molar-refractivity contribution in [1.82, 2.24) is 5.32 Å². The lowest BCUT2D eigenvalue weighted by Crippen LogP contribution is -2.38. The van der Waals surface area contributed by atoms with Gasteiger partial charge in [0.15, 0.2) is 0 Å². The molecule has 0 saturated heterocycles. The van der Waals surface area contributed by atoms with Gasteiger partial charge >= 0.3 is 5.97 Å². The van der Waals surface area contributed by atoms with Crippen molar-refractivity contribution >= 4 is 11.9 Å². The molecule has 0 fully saturated rings. The summed E-state index contributed by atoms with van der Waals surface area (Å²) in [6.07, 6.45) is 0. The van der Waals surface area contributed by atoms with Crippen LogP contribution in [0.2, 0.25) is 0 Å². The maximum absolute atomic E-state index is 11.6. The maximum atomic E-state index is 11.6. The molecular formula is C11H13NO4. The molecule has 0 aromatic heterocycles. The first-order valence-corrected chi connectivity index (χ1v) is 4.75. The lowest BCUT2D eigenvalue weighted by Gasteiger charge is -2.10. The standard InChI is InChI=1S/C11H13NO4/c1-6-5-8(13)3-4-9(6)10(14)12-7(2)11(15)16/h3-5,7,13H,1-2H3,(H,12,14)(H,15,16)/t7-/m0/s1. The highest BCUT2D eigenvalue weighted by Crippen LogP contribution is 2.15. The van der Waals surface area contributed by atoms with Gasteiger partial charge in [-0.15, -0.1) is 0 Å². The SMILES string of the molecule is Cc1cc(O)ccc1C(=O)N[C@@H](C)C(=O)O. The summed E-state index contributed by atoms with van der Waals surface area (Å²) in [5.74, 6) is -1.49. The maximum Gasteiger partial charge on any atom is 0.325 e. The Bertz CT molecular complexity index is 428. The predicted molar refractivity (Wildman–Crippen MR) is 57.4 cm³/mol. The van der Waals surface area contributed by atoms with Gasteiger partial charge in [-0.05, 0) is 37.6 Å². The van der Waals surface area contributed by atoms with E-state index in [2.05, 4.69) is 5.32 Å². The Labute approximate surface area is 92.7 Å². The summed E-state index contributed by atoms with van der Waals surface area (Å²) in [5.41, 5.74) is 0.945. The third-order valence-corrected chi connectivity index (χ3v) is 2.17. The van der Waals surface area contributed by atoms with Gasteiger partial charge in [-0.25, -0.2) is 0 Å². The van der Waals surface area contributed by atoms with E-state index in [4.69, 9.17) is 10.2 Å². The lowest BCUT2D eigenvalue weighted by atomic mass is 10.1. The van der Waals surface area contributed by atoms with Gasteiger partial charge in [-0.2, -0.15) is 0 Å². The number of rotatable bonds is 3. The Morgan fingerprint density at radius 1 is 1.38 bits per heavy atom. The number of carboxylic acids is 1. The highest BCUT2D eigenvalue weighted by atomic mass is 16.4. The van der Waals surface area contributed by atoms with Gasteiger partial charge in [0.1, 0.15) is 11.8 Å². The van der Waals surface area contributed by atoms with E-state index in [1.54, 1.807) is 6.92 Å². The fourth-order valence-electron chi connectivity index (χ4n) is 1.24. The van der Waals surface area contributed by atoms with Crippen LogP contribution in [0.4, 0.5) is 0 Å². The number of hydrogen-bond acceptors (Lipinski definition) is 3. The first-order valence-electron chi connectivity index (χ1n) is 4.75. The van der Waals surface area contributed by atoms with Crippen molar-refractivity contribution in [3.63, 3.8) is 0 Å². The van der Waals surface area contributed by atoms with Gasteiger partial charge < -0.3 is 15.5 Å². The smallest absolute Gasteiger partial charge is 0.325 e. The van der Waals surface area contributed by atoms with Crippen molar-refractivity contribution in [3.8, 4) is 5.75 Å². The molecule has 0 unspecified atom stereocenters. The largest absolute Gasteiger partial charge is 0.508 e. The molecule has 0 bridgehead atoms. The van der Waals surface area contributed by atoms with Crippen LogP contribution in [0.3, 0.4) is 0 Å². The Balaban J connectivity index is 2.85. The number of nitrogens with one attached hydrogen (secondary N) is 1. The zero-order valence-corrected chi connectivity index (χ0v) is 9.02. The number of phenolic OH excluding ortho intramolecular Hbond substituents is 1. The highest BCUT2D eigenvalue weighted by Gasteiger charge is 2.16. The Hall–Kier alpha value is -2.04. The third kappa shape index (κ3) is 2.73. The highest BCUT2D eigenvalue weighted by molar-refractivity contribution is 5.97. The van der Waals surface area contributed by atoms with Gasteiger partial charge in [-0.1, -0.05) is 0 Å². The number of aliphatic carboxylic acids is 1. The molecule has 5 heteroatoms. The van der Waals surface area contributed by atoms with Crippen LogP contribution in [-0.4, -0.2) is 28.1 Å². The number of aromatic hydroxyl groups is 1. The van der Waals surface area contributed by atoms with E-state index in [0.717, 1.165) is 0 Å². The van der Waals surface area contributed by atoms with Crippen LogP contribution in [-0.2, 0) is 4.79 Å². The summed E-state index contributed by atoms with van der Waals surface area (Å²) in [6.45, 7) is 3.05. The molecule has 0 heterocycles. The minimum Gasteiger partial charge on any atom is -0.508 e. The Morgan fingerprint density at radius 2 is 2.00 bits per heavy atom. The number of hydrogen-bond donors (Lipinski definition) is 3. The summed E-state index contributed by atoms with van der Waals surface area (Å²) in [4.78, 5) is 22.2. The van der Waals surface area contributed by atoms with E-state index in [9.17, 15) is 9.59 Å². The summed E-state index contributed by atoms with van der Waals surface area (Å²) in [5, 5.41) is 20.1. The monoisotopic (exact) mass is 223 g/mol. The number of carboxylic acid groups (broad SMARTS) is 1. The fraction of sp³-hybridized carbons (Fsp3) is 0.273. The van der Waals surface area contributed by atoms with Crippen molar-refractivity contribution in [2.24, 2.45) is 0 Å². The van der Waals surface area contributed by atoms with Crippen LogP contribution in [0.5, 0.6) is 5.75 Å². The topological polar surface area (TPSA) is 86.6 Å². The Morgan fingerprint density at radius 3 is 2.50 bits per heavy atom. The van der Waals surface area contributed by atoms with Gasteiger partial charge in [0, 0.05) is 5.56 Å². The number of aryl methyl sites for hydroxylation is 1. The van der Waals surface area contributed by atoms with Crippen LogP contribution in [0.1, 0.15) is 22.8 Å². The van der Waals surface area contributed by atoms with Crippen molar-refractivity contribution < 1.29 is 19.8 Å². The van der Waals surface area contributed by atoms with E-state index in [0.29, 0.717) is 11.1 Å². The van der Waals surface area contributed by atoms with Crippen LogP contribution in [0.25, 0.3) is 0 Å². The molecule has 0 aliphatic carbocycles. The minimum absolute atomic E-state index is 0.0698. The average molecular weight is 223 g/mol. The molecule has 0 radical (unpaired) electrons. The third-order valence-electron chi connectivity index (χ3n) is 2.17. The van der Waals surface area contributed by atoms with E-state index < -0.39 is 17.9 Å². The molecule has 1 atom stereocenters. The van der Waals surface area contributed by atoms with Gasteiger partial charge in [-0.3, -0.25) is 9.59 Å². The van der Waals surface area contributed by atoms with E-state index in [-0.39, 0.29) is 5.75 Å². The second kappa shape index (κ2) is 4.65. The van der Waals surface area contributed by atoms with Crippen LogP contribution >= 0.6 is 0 Å². The molecule has 0 aliphatic rings. The summed E-state index contributed by atoms with van der Waals surface area (Å²) < 4.78 is 0. The van der Waals surface area contributed by atoms with E-state index >= 15 is 0 Å². The van der Waals surface area contributed by atoms with E-state index in [1.807, 2.05) is 0 Å². The number of benzene rings is 1. The molecule has 1 aromatic carbocycles. The zero-order valence-electron chi connectivity index (χ0n) is 9.02. The second-order valence-electron chi connectivity index (χ2n) is 3.53. The number of amides is 1. The quantitative estimate of drug-likeness (QED) is 0.710. The first kappa shape index (κ1) is 12.0. The molecule has 0 spiro atoms. The molecule has 0 saturated carbocycles. The van der Waals surface area contributed by atoms with Crippen LogP contribution in [0.15, 0.2) is 18.2 Å². The van der Waals surface area contributed by atoms with Gasteiger partial charge in [0.25, 0.3) is 5.91 Å². The number of carbonyl (C=O) groups excluding carboxylic acids is 1. The molecule has 1 aromatic rings. The predicted octanol–water partition coefficient (Wildman–Crippen LogP) is 0.904. The number of phenols is 1. The minimum atomic E-state index is -1.09. The van der Waals surface area contributed by atoms with Crippen molar-refractivity contribution in [3.05, 3.63) is 29.3 Å². The van der Waals surface area contributed by atoms with Crippen molar-refractivity contribution in [1.29, 1.82) is 0 Å². The molecule has 3 N–H and O–H groups in total. The van der Waals surface area contributed by atoms with Gasteiger partial charge in [0.2, 0.25) is 0 Å². The lowest BCUT2D eigenvalue weighted by molar-refractivity contribution is -0.138. The van der Waals surface area contributed by atoms with E-state index in [1.165, 1.54) is 25.1 Å². The molecule has 86 valence electrons. The second-order valence-corrected chi connectivity index (χ2v) is 3.53. The van der Waals surface area contributed by atoms with Crippen LogP contribution < -0.4 is 5.32 Å². The molecule has 0 aliphatic heterocycles. The summed E-state index contributed by atoms with van der Waals surface area (Å²) in [7, 11) is 0. The normalized spacial score (nSPS) is 11.9. The van der Waals surface area contributed by atoms with Gasteiger partial charge in [0.05, 0.1) is 0 Å². The molecule has 1 amide bonds. The van der Waals surface area contributed by atoms with Crippen LogP contribution in [0, 0.1) is 6.92 Å². The zero-order chi connectivity index (χ0) is 12.3. The fourth-order valence-corrected chi connectivity index (χ4v) is 1.24. The van der Waals surface area contributed by atoms with Crippen molar-refractivity contribution in [2.45, 2.75) is 19.9 Å². The average Bonchev–Trinajstić information content (AvgIpc) is 2.16.